The molecule has 0 saturated carbocycles. The monoisotopic (exact) mass is 124 g/mol. The predicted molar refractivity (Wildman–Crippen MR) is 41.2 cm³/mol. The second-order valence-corrected chi connectivity index (χ2v) is 3.18. The molecule has 3 atom stereocenters. The molecule has 0 saturated heterocycles. The number of rotatable bonds is 1. The van der Waals surface area contributed by atoms with E-state index in [4.69, 9.17) is 0 Å². The molecule has 1 aliphatic carbocycles. The van der Waals surface area contributed by atoms with Crippen LogP contribution in [0.2, 0.25) is 0 Å². The maximum absolute atomic E-state index is 2.37. The highest BCUT2D eigenvalue weighted by Crippen LogP contribution is 2.31. The molecule has 0 aromatic carbocycles. The van der Waals surface area contributed by atoms with Crippen molar-refractivity contribution >= 4 is 0 Å². The van der Waals surface area contributed by atoms with Gasteiger partial charge >= 0.3 is 0 Å². The van der Waals surface area contributed by atoms with Crippen molar-refractivity contribution < 1.29 is 0 Å². The van der Waals surface area contributed by atoms with Crippen molar-refractivity contribution in [2.24, 2.45) is 17.8 Å². The zero-order valence-electron chi connectivity index (χ0n) is 6.59. The molecule has 0 N–H and O–H groups in total. The Kier molecular flexibility index (Phi) is 1.94. The maximum atomic E-state index is 2.37. The minimum Gasteiger partial charge on any atom is -0.0851 e. The highest BCUT2D eigenvalue weighted by Gasteiger charge is 2.22. The van der Waals surface area contributed by atoms with Gasteiger partial charge < -0.3 is 0 Å². The third-order valence-corrected chi connectivity index (χ3v) is 2.64. The zero-order valence-corrected chi connectivity index (χ0v) is 6.59. The Balaban J connectivity index is 2.51. The van der Waals surface area contributed by atoms with E-state index in [2.05, 4.69) is 32.9 Å². The van der Waals surface area contributed by atoms with Gasteiger partial charge in [-0.15, -0.1) is 0 Å². The van der Waals surface area contributed by atoms with Gasteiger partial charge in [0.1, 0.15) is 0 Å². The first kappa shape index (κ1) is 6.85. The molecule has 1 rings (SSSR count). The maximum Gasteiger partial charge on any atom is -0.0205 e. The summed E-state index contributed by atoms with van der Waals surface area (Å²) in [4.78, 5) is 0. The van der Waals surface area contributed by atoms with Crippen molar-refractivity contribution in [2.75, 3.05) is 0 Å². The molecule has 0 heteroatoms. The van der Waals surface area contributed by atoms with Crippen LogP contribution < -0.4 is 0 Å². The van der Waals surface area contributed by atoms with Crippen LogP contribution in [0.15, 0.2) is 12.2 Å². The molecule has 0 nitrogen and oxygen atoms in total. The molecule has 0 amide bonds. The standard InChI is InChI=1S/C9H16/c1-4-9-6-5-7(2)8(9)3/h5-9H,4H2,1-3H3. The van der Waals surface area contributed by atoms with Crippen molar-refractivity contribution in [1.82, 2.24) is 0 Å². The van der Waals surface area contributed by atoms with E-state index in [1.54, 1.807) is 0 Å². The Labute approximate surface area is 58.0 Å². The van der Waals surface area contributed by atoms with E-state index < -0.39 is 0 Å². The summed E-state index contributed by atoms with van der Waals surface area (Å²) in [6, 6.07) is 0. The molecule has 0 spiro atoms. The lowest BCUT2D eigenvalue weighted by Gasteiger charge is -2.15. The second kappa shape index (κ2) is 2.55. The lowest BCUT2D eigenvalue weighted by atomic mass is 9.90. The molecule has 0 aromatic heterocycles. The van der Waals surface area contributed by atoms with Crippen LogP contribution >= 0.6 is 0 Å². The lowest BCUT2D eigenvalue weighted by Crippen LogP contribution is -2.08. The summed E-state index contributed by atoms with van der Waals surface area (Å²) in [5, 5.41) is 0. The van der Waals surface area contributed by atoms with Crippen molar-refractivity contribution in [3.8, 4) is 0 Å². The van der Waals surface area contributed by atoms with E-state index in [0.717, 1.165) is 17.8 Å². The van der Waals surface area contributed by atoms with E-state index >= 15 is 0 Å². The molecule has 0 radical (unpaired) electrons. The molecular weight excluding hydrogens is 108 g/mol. The van der Waals surface area contributed by atoms with Crippen LogP contribution in [-0.2, 0) is 0 Å². The van der Waals surface area contributed by atoms with Crippen LogP contribution in [0.4, 0.5) is 0 Å². The Hall–Kier alpha value is -0.260. The molecule has 1 aliphatic rings. The summed E-state index contributed by atoms with van der Waals surface area (Å²) in [5.74, 6) is 2.56. The largest absolute Gasteiger partial charge is 0.0851 e. The van der Waals surface area contributed by atoms with Gasteiger partial charge in [-0.2, -0.15) is 0 Å². The average Bonchev–Trinajstić information content (AvgIpc) is 2.15. The topological polar surface area (TPSA) is 0 Å². The van der Waals surface area contributed by atoms with E-state index in [9.17, 15) is 0 Å². The van der Waals surface area contributed by atoms with Gasteiger partial charge in [0.2, 0.25) is 0 Å². The van der Waals surface area contributed by atoms with Crippen LogP contribution in [0.5, 0.6) is 0 Å². The highest BCUT2D eigenvalue weighted by molar-refractivity contribution is 5.03. The third-order valence-electron chi connectivity index (χ3n) is 2.64. The van der Waals surface area contributed by atoms with Crippen LogP contribution in [0.25, 0.3) is 0 Å². The quantitative estimate of drug-likeness (QED) is 0.471. The summed E-state index contributed by atoms with van der Waals surface area (Å²) in [6.45, 7) is 6.92. The van der Waals surface area contributed by atoms with Crippen molar-refractivity contribution in [3.63, 3.8) is 0 Å². The zero-order chi connectivity index (χ0) is 6.85. The van der Waals surface area contributed by atoms with Gasteiger partial charge in [0, 0.05) is 0 Å². The van der Waals surface area contributed by atoms with Crippen LogP contribution in [0, 0.1) is 17.8 Å². The summed E-state index contributed by atoms with van der Waals surface area (Å²) in [7, 11) is 0. The molecular formula is C9H16. The van der Waals surface area contributed by atoms with Crippen LogP contribution in [0.3, 0.4) is 0 Å². The van der Waals surface area contributed by atoms with Crippen molar-refractivity contribution in [2.45, 2.75) is 27.2 Å². The van der Waals surface area contributed by atoms with E-state index in [1.807, 2.05) is 0 Å². The van der Waals surface area contributed by atoms with Crippen LogP contribution in [0.1, 0.15) is 27.2 Å². The molecule has 52 valence electrons. The molecule has 0 aliphatic heterocycles. The van der Waals surface area contributed by atoms with Crippen molar-refractivity contribution in [3.05, 3.63) is 12.2 Å². The smallest absolute Gasteiger partial charge is 0.0205 e. The van der Waals surface area contributed by atoms with Gasteiger partial charge in [0.15, 0.2) is 0 Å². The van der Waals surface area contributed by atoms with Crippen molar-refractivity contribution in [1.29, 1.82) is 0 Å². The summed E-state index contributed by atoms with van der Waals surface area (Å²) < 4.78 is 0. The Morgan fingerprint density at radius 2 is 1.89 bits per heavy atom. The minimum absolute atomic E-state index is 0.815. The molecule has 0 heterocycles. The fraction of sp³-hybridized carbons (Fsp3) is 0.778. The first-order valence-corrected chi connectivity index (χ1v) is 3.94. The first-order chi connectivity index (χ1) is 4.25. The van der Waals surface area contributed by atoms with Gasteiger partial charge in [-0.25, -0.2) is 0 Å². The molecule has 0 fully saturated rings. The normalized spacial score (nSPS) is 41.9. The van der Waals surface area contributed by atoms with Gasteiger partial charge in [-0.05, 0) is 24.2 Å². The number of hydrogen-bond acceptors (Lipinski definition) is 0. The average molecular weight is 124 g/mol. The molecule has 3 unspecified atom stereocenters. The fourth-order valence-electron chi connectivity index (χ4n) is 1.57. The predicted octanol–water partition coefficient (Wildman–Crippen LogP) is 2.85. The Bertz CT molecular complexity index is 113. The first-order valence-electron chi connectivity index (χ1n) is 3.94. The lowest BCUT2D eigenvalue weighted by molar-refractivity contribution is 0.375. The third kappa shape index (κ3) is 1.17. The SMILES string of the molecule is CCC1C=CC(C)C1C. The Morgan fingerprint density at radius 3 is 2.11 bits per heavy atom. The molecule has 0 bridgehead atoms. The number of hydrogen-bond donors (Lipinski definition) is 0. The Morgan fingerprint density at radius 1 is 1.22 bits per heavy atom. The van der Waals surface area contributed by atoms with Gasteiger partial charge in [-0.1, -0.05) is 32.9 Å². The van der Waals surface area contributed by atoms with E-state index in [1.165, 1.54) is 6.42 Å². The summed E-state index contributed by atoms with van der Waals surface area (Å²) >= 11 is 0. The van der Waals surface area contributed by atoms with Gasteiger partial charge in [-0.3, -0.25) is 0 Å². The molecule has 0 aromatic rings. The van der Waals surface area contributed by atoms with E-state index in [0.29, 0.717) is 0 Å². The minimum atomic E-state index is 0.815. The van der Waals surface area contributed by atoms with Gasteiger partial charge in [0.25, 0.3) is 0 Å². The highest BCUT2D eigenvalue weighted by atomic mass is 14.3. The van der Waals surface area contributed by atoms with Crippen LogP contribution in [-0.4, -0.2) is 0 Å². The van der Waals surface area contributed by atoms with E-state index in [-0.39, 0.29) is 0 Å². The fourth-order valence-corrected chi connectivity index (χ4v) is 1.57. The second-order valence-electron chi connectivity index (χ2n) is 3.18. The number of allylic oxidation sites excluding steroid dienone is 2. The summed E-state index contributed by atoms with van der Waals surface area (Å²) in [6.07, 6.45) is 6.02. The molecule has 9 heavy (non-hydrogen) atoms. The van der Waals surface area contributed by atoms with Gasteiger partial charge in [0.05, 0.1) is 0 Å². The summed E-state index contributed by atoms with van der Waals surface area (Å²) in [5.41, 5.74) is 0.